The lowest BCUT2D eigenvalue weighted by molar-refractivity contribution is 0.246. The molecule has 0 aliphatic heterocycles. The third-order valence-electron chi connectivity index (χ3n) is 4.59. The normalized spacial score (nSPS) is 18.4. The molecule has 4 heteroatoms. The molecule has 1 aliphatic rings. The van der Waals surface area contributed by atoms with Crippen LogP contribution in [0.5, 0.6) is 5.75 Å². The Morgan fingerprint density at radius 2 is 1.39 bits per heavy atom. The molecule has 1 fully saturated rings. The van der Waals surface area contributed by atoms with Crippen molar-refractivity contribution in [2.75, 3.05) is 5.32 Å². The molecule has 0 atom stereocenters. The third kappa shape index (κ3) is 6.93. The number of urea groups is 1. The maximum atomic E-state index is 12.2. The topological polar surface area (TPSA) is 61.4 Å². The molecule has 1 aromatic rings. The molecule has 2 amide bonds. The van der Waals surface area contributed by atoms with E-state index in [1.54, 1.807) is 24.3 Å². The number of para-hydroxylation sites is 2. The molecule has 0 unspecified atom stereocenters. The maximum Gasteiger partial charge on any atom is 0.319 e. The molecule has 1 saturated carbocycles. The van der Waals surface area contributed by atoms with E-state index in [1.165, 1.54) is 57.8 Å². The number of amides is 2. The monoisotopic (exact) mass is 318 g/mol. The van der Waals surface area contributed by atoms with Crippen LogP contribution >= 0.6 is 0 Å². The summed E-state index contributed by atoms with van der Waals surface area (Å²) in [5, 5.41) is 15.6. The Morgan fingerprint density at radius 1 is 0.870 bits per heavy atom. The largest absolute Gasteiger partial charge is 0.506 e. The van der Waals surface area contributed by atoms with E-state index < -0.39 is 0 Å². The van der Waals surface area contributed by atoms with Crippen LogP contribution < -0.4 is 10.6 Å². The van der Waals surface area contributed by atoms with E-state index in [0.29, 0.717) is 5.69 Å². The second kappa shape index (κ2) is 10.1. The van der Waals surface area contributed by atoms with E-state index in [1.807, 2.05) is 0 Å². The molecule has 1 aromatic carbocycles. The lowest BCUT2D eigenvalue weighted by atomic mass is 9.98. The van der Waals surface area contributed by atoms with Crippen molar-refractivity contribution in [1.82, 2.24) is 5.32 Å². The lowest BCUT2D eigenvalue weighted by Gasteiger charge is -2.20. The number of anilines is 1. The summed E-state index contributed by atoms with van der Waals surface area (Å²) < 4.78 is 0. The summed E-state index contributed by atoms with van der Waals surface area (Å²) in [6.45, 7) is 0. The number of rotatable bonds is 2. The number of nitrogens with one attached hydrogen (secondary N) is 2. The van der Waals surface area contributed by atoms with Crippen molar-refractivity contribution in [2.45, 2.75) is 76.7 Å². The SMILES string of the molecule is O=C(Nc1ccccc1O)NC1CCCCCCCCCCC1. The number of phenols is 1. The van der Waals surface area contributed by atoms with E-state index in [4.69, 9.17) is 0 Å². The minimum atomic E-state index is -0.219. The van der Waals surface area contributed by atoms with Gasteiger partial charge in [-0.15, -0.1) is 0 Å². The molecule has 23 heavy (non-hydrogen) atoms. The zero-order valence-electron chi connectivity index (χ0n) is 14.0. The number of hydrogen-bond acceptors (Lipinski definition) is 2. The van der Waals surface area contributed by atoms with Gasteiger partial charge in [0, 0.05) is 6.04 Å². The highest BCUT2D eigenvalue weighted by molar-refractivity contribution is 5.90. The first-order valence-corrected chi connectivity index (χ1v) is 9.11. The van der Waals surface area contributed by atoms with E-state index >= 15 is 0 Å². The second-order valence-electron chi connectivity index (χ2n) is 6.57. The number of aromatic hydroxyl groups is 1. The van der Waals surface area contributed by atoms with Crippen LogP contribution in [0.25, 0.3) is 0 Å². The van der Waals surface area contributed by atoms with Gasteiger partial charge < -0.3 is 15.7 Å². The number of carbonyl (C=O) groups is 1. The van der Waals surface area contributed by atoms with Crippen molar-refractivity contribution in [3.8, 4) is 5.75 Å². The van der Waals surface area contributed by atoms with Gasteiger partial charge in [-0.25, -0.2) is 4.79 Å². The summed E-state index contributed by atoms with van der Waals surface area (Å²) >= 11 is 0. The minimum absolute atomic E-state index is 0.0985. The quantitative estimate of drug-likeness (QED) is 0.657. The van der Waals surface area contributed by atoms with Gasteiger partial charge in [-0.05, 0) is 25.0 Å². The number of benzene rings is 1. The minimum Gasteiger partial charge on any atom is -0.506 e. The van der Waals surface area contributed by atoms with Crippen LogP contribution in [0.1, 0.15) is 70.6 Å². The molecule has 0 bridgehead atoms. The fraction of sp³-hybridized carbons (Fsp3) is 0.632. The standard InChI is InChI=1S/C19H30N2O2/c22-18-15-11-10-14-17(18)21-19(23)20-16-12-8-6-4-2-1-3-5-7-9-13-16/h10-11,14-16,22H,1-9,12-13H2,(H2,20,21,23). The molecule has 0 aromatic heterocycles. The van der Waals surface area contributed by atoms with Gasteiger partial charge in [-0.1, -0.05) is 69.9 Å². The van der Waals surface area contributed by atoms with Gasteiger partial charge >= 0.3 is 6.03 Å². The summed E-state index contributed by atoms with van der Waals surface area (Å²) in [6.07, 6.45) is 13.7. The summed E-state index contributed by atoms with van der Waals surface area (Å²) in [5.41, 5.74) is 0.457. The number of phenolic OH excluding ortho intramolecular Hbond substituents is 1. The molecule has 0 saturated heterocycles. The first-order chi connectivity index (χ1) is 11.3. The summed E-state index contributed by atoms with van der Waals surface area (Å²) in [5.74, 6) is 0.0985. The van der Waals surface area contributed by atoms with Gasteiger partial charge in [0.25, 0.3) is 0 Å². The van der Waals surface area contributed by atoms with Crippen molar-refractivity contribution in [1.29, 1.82) is 0 Å². The Hall–Kier alpha value is -1.71. The van der Waals surface area contributed by atoms with Gasteiger partial charge in [0.15, 0.2) is 0 Å². The molecular formula is C19H30N2O2. The van der Waals surface area contributed by atoms with E-state index in [2.05, 4.69) is 10.6 Å². The van der Waals surface area contributed by atoms with Crippen LogP contribution in [-0.2, 0) is 0 Å². The van der Waals surface area contributed by atoms with Crippen molar-refractivity contribution in [3.05, 3.63) is 24.3 Å². The van der Waals surface area contributed by atoms with Crippen molar-refractivity contribution in [3.63, 3.8) is 0 Å². The Balaban J connectivity index is 1.82. The van der Waals surface area contributed by atoms with E-state index in [9.17, 15) is 9.90 Å². The van der Waals surface area contributed by atoms with Crippen LogP contribution in [0.3, 0.4) is 0 Å². The molecule has 3 N–H and O–H groups in total. The molecule has 0 radical (unpaired) electrons. The molecule has 1 aliphatic carbocycles. The fourth-order valence-electron chi connectivity index (χ4n) is 3.23. The first-order valence-electron chi connectivity index (χ1n) is 9.11. The average molecular weight is 318 g/mol. The predicted octanol–water partition coefficient (Wildman–Crippen LogP) is 5.19. The highest BCUT2D eigenvalue weighted by Gasteiger charge is 2.13. The maximum absolute atomic E-state index is 12.2. The predicted molar refractivity (Wildman–Crippen MR) is 94.8 cm³/mol. The van der Waals surface area contributed by atoms with Crippen molar-refractivity contribution >= 4 is 11.7 Å². The third-order valence-corrected chi connectivity index (χ3v) is 4.59. The molecule has 4 nitrogen and oxygen atoms in total. The van der Waals surface area contributed by atoms with E-state index in [-0.39, 0.29) is 17.8 Å². The van der Waals surface area contributed by atoms with Gasteiger partial charge in [-0.3, -0.25) is 0 Å². The van der Waals surface area contributed by atoms with Crippen LogP contribution in [-0.4, -0.2) is 17.2 Å². The van der Waals surface area contributed by atoms with Crippen LogP contribution in [0.2, 0.25) is 0 Å². The second-order valence-corrected chi connectivity index (χ2v) is 6.57. The molecule has 128 valence electrons. The van der Waals surface area contributed by atoms with Crippen LogP contribution in [0.15, 0.2) is 24.3 Å². The Kier molecular flexibility index (Phi) is 7.78. The summed E-state index contributed by atoms with van der Waals surface area (Å²) in [6, 6.07) is 6.83. The Morgan fingerprint density at radius 3 is 1.96 bits per heavy atom. The zero-order chi connectivity index (χ0) is 16.3. The highest BCUT2D eigenvalue weighted by atomic mass is 16.3. The molecular weight excluding hydrogens is 288 g/mol. The van der Waals surface area contributed by atoms with Gasteiger partial charge in [0.2, 0.25) is 0 Å². The Bertz CT molecular complexity index is 464. The Labute approximate surface area is 139 Å². The molecule has 2 rings (SSSR count). The fourth-order valence-corrected chi connectivity index (χ4v) is 3.23. The highest BCUT2D eigenvalue weighted by Crippen LogP contribution is 2.21. The number of carbonyl (C=O) groups excluding carboxylic acids is 1. The zero-order valence-corrected chi connectivity index (χ0v) is 14.0. The van der Waals surface area contributed by atoms with Gasteiger partial charge in [0.1, 0.15) is 5.75 Å². The lowest BCUT2D eigenvalue weighted by Crippen LogP contribution is -2.38. The molecule has 0 spiro atoms. The first kappa shape index (κ1) is 17.6. The van der Waals surface area contributed by atoms with E-state index in [0.717, 1.165) is 12.8 Å². The van der Waals surface area contributed by atoms with Crippen molar-refractivity contribution < 1.29 is 9.90 Å². The van der Waals surface area contributed by atoms with Crippen molar-refractivity contribution in [2.24, 2.45) is 0 Å². The van der Waals surface area contributed by atoms with Gasteiger partial charge in [0.05, 0.1) is 5.69 Å². The smallest absolute Gasteiger partial charge is 0.319 e. The number of hydrogen-bond donors (Lipinski definition) is 3. The summed E-state index contributed by atoms with van der Waals surface area (Å²) in [7, 11) is 0. The van der Waals surface area contributed by atoms with Gasteiger partial charge in [-0.2, -0.15) is 0 Å². The van der Waals surface area contributed by atoms with Crippen LogP contribution in [0.4, 0.5) is 10.5 Å². The average Bonchev–Trinajstić information content (AvgIpc) is 2.52. The van der Waals surface area contributed by atoms with Crippen LogP contribution in [0, 0.1) is 0 Å². The molecule has 0 heterocycles. The summed E-state index contributed by atoms with van der Waals surface area (Å²) in [4.78, 5) is 12.2.